The van der Waals surface area contributed by atoms with E-state index in [0.29, 0.717) is 23.9 Å². The second-order valence-corrected chi connectivity index (χ2v) is 5.57. The largest absolute Gasteiger partial charge is 0.378 e. The lowest BCUT2D eigenvalue weighted by molar-refractivity contribution is -0.117. The first-order valence-corrected chi connectivity index (χ1v) is 7.62. The van der Waals surface area contributed by atoms with Gasteiger partial charge in [-0.15, -0.1) is 11.3 Å². The van der Waals surface area contributed by atoms with Crippen molar-refractivity contribution in [2.24, 2.45) is 0 Å². The Bertz CT molecular complexity index is 469. The van der Waals surface area contributed by atoms with E-state index in [1.54, 1.807) is 5.38 Å². The first-order valence-electron chi connectivity index (χ1n) is 6.74. The van der Waals surface area contributed by atoms with Gasteiger partial charge in [0.05, 0.1) is 19.1 Å². The molecule has 110 valence electrons. The van der Waals surface area contributed by atoms with E-state index in [2.05, 4.69) is 15.6 Å². The standard InChI is InChI=1S/C13H19N3O3S/c1-9(17)11-8-20-13(15-11)16-12(18)4-7-19-10-2-5-14-6-3-10/h8,10,14H,2-7H2,1H3,(H,15,16,18). The Morgan fingerprint density at radius 3 is 2.90 bits per heavy atom. The molecule has 2 rings (SSSR count). The van der Waals surface area contributed by atoms with Crippen molar-refractivity contribution in [3.8, 4) is 0 Å². The van der Waals surface area contributed by atoms with E-state index in [1.807, 2.05) is 0 Å². The van der Waals surface area contributed by atoms with Gasteiger partial charge >= 0.3 is 0 Å². The van der Waals surface area contributed by atoms with Crippen molar-refractivity contribution in [2.45, 2.75) is 32.3 Å². The minimum Gasteiger partial charge on any atom is -0.378 e. The summed E-state index contributed by atoms with van der Waals surface area (Å²) in [5.74, 6) is -0.237. The number of hydrogen-bond donors (Lipinski definition) is 2. The van der Waals surface area contributed by atoms with Gasteiger partial charge in [-0.1, -0.05) is 0 Å². The number of thiazole rings is 1. The number of nitrogens with one attached hydrogen (secondary N) is 2. The van der Waals surface area contributed by atoms with Crippen molar-refractivity contribution < 1.29 is 14.3 Å². The molecule has 1 aliphatic rings. The molecule has 2 N–H and O–H groups in total. The monoisotopic (exact) mass is 297 g/mol. The van der Waals surface area contributed by atoms with Crippen LogP contribution in [0.25, 0.3) is 0 Å². The van der Waals surface area contributed by atoms with Crippen LogP contribution in [0.3, 0.4) is 0 Å². The van der Waals surface area contributed by atoms with Gasteiger partial charge < -0.3 is 15.4 Å². The summed E-state index contributed by atoms with van der Waals surface area (Å²) in [6.07, 6.45) is 2.55. The van der Waals surface area contributed by atoms with Gasteiger partial charge in [-0.25, -0.2) is 4.98 Å². The lowest BCUT2D eigenvalue weighted by atomic mass is 10.1. The number of anilines is 1. The summed E-state index contributed by atoms with van der Waals surface area (Å²) in [7, 11) is 0. The van der Waals surface area contributed by atoms with Crippen LogP contribution >= 0.6 is 11.3 Å². The fraction of sp³-hybridized carbons (Fsp3) is 0.615. The van der Waals surface area contributed by atoms with E-state index >= 15 is 0 Å². The van der Waals surface area contributed by atoms with E-state index in [-0.39, 0.29) is 17.8 Å². The first kappa shape index (κ1) is 15.1. The van der Waals surface area contributed by atoms with Crippen LogP contribution in [-0.2, 0) is 9.53 Å². The molecule has 1 aromatic rings. The molecule has 0 spiro atoms. The fourth-order valence-corrected chi connectivity index (χ4v) is 2.72. The minimum absolute atomic E-state index is 0.101. The van der Waals surface area contributed by atoms with E-state index < -0.39 is 0 Å². The fourth-order valence-electron chi connectivity index (χ4n) is 1.96. The second-order valence-electron chi connectivity index (χ2n) is 4.71. The van der Waals surface area contributed by atoms with Gasteiger partial charge in [0.2, 0.25) is 5.91 Å². The van der Waals surface area contributed by atoms with E-state index in [9.17, 15) is 9.59 Å². The molecule has 0 radical (unpaired) electrons. The Labute approximate surface area is 121 Å². The molecule has 0 bridgehead atoms. The van der Waals surface area contributed by atoms with Crippen LogP contribution < -0.4 is 10.6 Å². The summed E-state index contributed by atoms with van der Waals surface area (Å²) in [5, 5.41) is 8.05. The summed E-state index contributed by atoms with van der Waals surface area (Å²) in [6, 6.07) is 0. The van der Waals surface area contributed by atoms with Gasteiger partial charge in [0.15, 0.2) is 10.9 Å². The number of ketones is 1. The van der Waals surface area contributed by atoms with Crippen LogP contribution in [0.5, 0.6) is 0 Å². The molecular formula is C13H19N3O3S. The third-order valence-corrected chi connectivity index (χ3v) is 3.84. The summed E-state index contributed by atoms with van der Waals surface area (Å²) >= 11 is 1.25. The number of nitrogens with zero attached hydrogens (tertiary/aromatic N) is 1. The molecule has 1 fully saturated rings. The van der Waals surface area contributed by atoms with E-state index in [0.717, 1.165) is 25.9 Å². The number of amides is 1. The summed E-state index contributed by atoms with van der Waals surface area (Å²) in [6.45, 7) is 3.82. The van der Waals surface area contributed by atoms with Crippen LogP contribution in [0.15, 0.2) is 5.38 Å². The number of ether oxygens (including phenoxy) is 1. The molecular weight excluding hydrogens is 278 g/mol. The predicted octanol–water partition coefficient (Wildman–Crippen LogP) is 1.44. The second kappa shape index (κ2) is 7.47. The van der Waals surface area contributed by atoms with Crippen molar-refractivity contribution in [2.75, 3.05) is 25.0 Å². The maximum atomic E-state index is 11.7. The third-order valence-electron chi connectivity index (χ3n) is 3.08. The molecule has 0 aromatic carbocycles. The lowest BCUT2D eigenvalue weighted by Crippen LogP contribution is -2.33. The first-order chi connectivity index (χ1) is 9.65. The molecule has 7 heteroatoms. The highest BCUT2D eigenvalue weighted by atomic mass is 32.1. The Morgan fingerprint density at radius 2 is 2.25 bits per heavy atom. The van der Waals surface area contributed by atoms with Crippen molar-refractivity contribution >= 4 is 28.2 Å². The van der Waals surface area contributed by atoms with Gasteiger partial charge in [-0.2, -0.15) is 0 Å². The van der Waals surface area contributed by atoms with Crippen molar-refractivity contribution in [3.05, 3.63) is 11.1 Å². The van der Waals surface area contributed by atoms with Crippen LogP contribution in [0.1, 0.15) is 36.7 Å². The van der Waals surface area contributed by atoms with Crippen molar-refractivity contribution in [1.82, 2.24) is 10.3 Å². The number of hydrogen-bond acceptors (Lipinski definition) is 6. The smallest absolute Gasteiger partial charge is 0.228 e. The quantitative estimate of drug-likeness (QED) is 0.777. The van der Waals surface area contributed by atoms with Crippen LogP contribution in [0.2, 0.25) is 0 Å². The minimum atomic E-state index is -0.136. The number of aromatic nitrogens is 1. The number of piperidine rings is 1. The molecule has 6 nitrogen and oxygen atoms in total. The maximum Gasteiger partial charge on any atom is 0.228 e. The zero-order chi connectivity index (χ0) is 14.4. The van der Waals surface area contributed by atoms with Gasteiger partial charge in [0.1, 0.15) is 5.69 Å². The van der Waals surface area contributed by atoms with Crippen LogP contribution in [0.4, 0.5) is 5.13 Å². The van der Waals surface area contributed by atoms with Crippen molar-refractivity contribution in [1.29, 1.82) is 0 Å². The highest BCUT2D eigenvalue weighted by molar-refractivity contribution is 7.14. The molecule has 1 aliphatic heterocycles. The van der Waals surface area contributed by atoms with Crippen molar-refractivity contribution in [3.63, 3.8) is 0 Å². The highest BCUT2D eigenvalue weighted by Gasteiger charge is 2.14. The Balaban J connectivity index is 1.67. The molecule has 1 amide bonds. The van der Waals surface area contributed by atoms with Gasteiger partial charge in [-0.05, 0) is 25.9 Å². The predicted molar refractivity (Wildman–Crippen MR) is 77.2 cm³/mol. The van der Waals surface area contributed by atoms with Gasteiger partial charge in [0.25, 0.3) is 0 Å². The summed E-state index contributed by atoms with van der Waals surface area (Å²) in [4.78, 5) is 26.8. The zero-order valence-electron chi connectivity index (χ0n) is 11.5. The Kier molecular flexibility index (Phi) is 5.63. The molecule has 20 heavy (non-hydrogen) atoms. The Hall–Kier alpha value is -1.31. The zero-order valence-corrected chi connectivity index (χ0v) is 12.3. The molecule has 0 unspecified atom stereocenters. The molecule has 0 atom stereocenters. The summed E-state index contributed by atoms with van der Waals surface area (Å²) in [5.41, 5.74) is 0.385. The normalized spacial score (nSPS) is 16.1. The highest BCUT2D eigenvalue weighted by Crippen LogP contribution is 2.16. The average Bonchev–Trinajstić information content (AvgIpc) is 2.88. The SMILES string of the molecule is CC(=O)c1csc(NC(=O)CCOC2CCNCC2)n1. The van der Waals surface area contributed by atoms with Gasteiger partial charge in [-0.3, -0.25) is 9.59 Å². The molecule has 0 aliphatic carbocycles. The summed E-state index contributed by atoms with van der Waals surface area (Å²) < 4.78 is 5.66. The van der Waals surface area contributed by atoms with Gasteiger partial charge in [0, 0.05) is 12.3 Å². The number of carbonyl (C=O) groups excluding carboxylic acids is 2. The molecule has 2 heterocycles. The Morgan fingerprint density at radius 1 is 1.50 bits per heavy atom. The lowest BCUT2D eigenvalue weighted by Gasteiger charge is -2.22. The van der Waals surface area contributed by atoms with Crippen LogP contribution in [0, 0.1) is 0 Å². The molecule has 0 saturated carbocycles. The van der Waals surface area contributed by atoms with E-state index in [1.165, 1.54) is 18.3 Å². The number of rotatable bonds is 6. The topological polar surface area (TPSA) is 80.3 Å². The van der Waals surface area contributed by atoms with Crippen LogP contribution in [-0.4, -0.2) is 42.5 Å². The third kappa shape index (κ3) is 4.66. The maximum absolute atomic E-state index is 11.7. The molecule has 1 aromatic heterocycles. The number of carbonyl (C=O) groups is 2. The molecule has 1 saturated heterocycles. The van der Waals surface area contributed by atoms with E-state index in [4.69, 9.17) is 4.74 Å². The average molecular weight is 297 g/mol. The number of Topliss-reactive ketones (excluding diaryl/α,β-unsaturated/α-hetero) is 1.